The molecule has 0 aliphatic carbocycles. The van der Waals surface area contributed by atoms with Crippen LogP contribution in [0.1, 0.15) is 6.42 Å². The number of nitrogens with two attached hydrogens (primary N) is 2. The number of halogens is 2. The molecule has 0 saturated carbocycles. The van der Waals surface area contributed by atoms with Gasteiger partial charge in [0.25, 0.3) is 11.7 Å². The first-order chi connectivity index (χ1) is 5.90. The molecule has 2 atom stereocenters. The van der Waals surface area contributed by atoms with Crippen molar-refractivity contribution in [2.45, 2.75) is 18.4 Å². The van der Waals surface area contributed by atoms with E-state index >= 15 is 0 Å². The van der Waals surface area contributed by atoms with Gasteiger partial charge in [-0.1, -0.05) is 0 Å². The third-order valence-electron chi connectivity index (χ3n) is 2.03. The van der Waals surface area contributed by atoms with E-state index in [9.17, 15) is 18.4 Å². The molecule has 2 unspecified atom stereocenters. The van der Waals surface area contributed by atoms with Gasteiger partial charge in [0.1, 0.15) is 0 Å². The first-order valence-electron chi connectivity index (χ1n) is 3.60. The van der Waals surface area contributed by atoms with Gasteiger partial charge >= 0.3 is 6.03 Å². The molecule has 1 heterocycles. The van der Waals surface area contributed by atoms with E-state index in [0.717, 1.165) is 0 Å². The van der Waals surface area contributed by atoms with Gasteiger partial charge in [-0.2, -0.15) is 0 Å². The number of amides is 3. The standard InChI is InChI=1S/C6H9F2N3O2/c7-3-1-2-11(5(10)13)6(3,8)4(9)12/h3H,1-2H2,(H2,9,12)(H2,10,13). The molecule has 1 aliphatic rings. The molecule has 0 aromatic rings. The van der Waals surface area contributed by atoms with Gasteiger partial charge in [0, 0.05) is 13.0 Å². The molecule has 0 spiro atoms. The molecule has 74 valence electrons. The molecule has 4 N–H and O–H groups in total. The molecule has 1 saturated heterocycles. The third-order valence-corrected chi connectivity index (χ3v) is 2.03. The van der Waals surface area contributed by atoms with Crippen LogP contribution in [0, 0.1) is 0 Å². The Kier molecular flexibility index (Phi) is 2.10. The summed E-state index contributed by atoms with van der Waals surface area (Å²) in [5.41, 5.74) is 9.39. The zero-order valence-corrected chi connectivity index (χ0v) is 6.67. The SMILES string of the molecule is NC(=O)N1CCC(F)C1(F)C(N)=O. The Hall–Kier alpha value is -1.40. The number of hydrogen-bond acceptors (Lipinski definition) is 2. The average molecular weight is 193 g/mol. The monoisotopic (exact) mass is 193 g/mol. The van der Waals surface area contributed by atoms with Crippen LogP contribution in [0.4, 0.5) is 13.6 Å². The lowest BCUT2D eigenvalue weighted by Crippen LogP contribution is -2.58. The van der Waals surface area contributed by atoms with E-state index in [4.69, 9.17) is 5.73 Å². The van der Waals surface area contributed by atoms with Gasteiger partial charge in [0.2, 0.25) is 0 Å². The van der Waals surface area contributed by atoms with Crippen LogP contribution < -0.4 is 11.5 Å². The van der Waals surface area contributed by atoms with Crippen molar-refractivity contribution < 1.29 is 18.4 Å². The normalized spacial score (nSPS) is 33.4. The second-order valence-corrected chi connectivity index (χ2v) is 2.78. The largest absolute Gasteiger partial charge is 0.365 e. The van der Waals surface area contributed by atoms with Gasteiger partial charge in [-0.05, 0) is 0 Å². The van der Waals surface area contributed by atoms with Gasteiger partial charge in [0.05, 0.1) is 0 Å². The minimum atomic E-state index is -3.08. The predicted octanol–water partition coefficient (Wildman–Crippen LogP) is -0.740. The van der Waals surface area contributed by atoms with Crippen molar-refractivity contribution in [1.29, 1.82) is 0 Å². The lowest BCUT2D eigenvalue weighted by atomic mass is 10.1. The number of likely N-dealkylation sites (tertiary alicyclic amines) is 1. The second-order valence-electron chi connectivity index (χ2n) is 2.78. The summed E-state index contributed by atoms with van der Waals surface area (Å²) in [6.45, 7) is -0.240. The Morgan fingerprint density at radius 3 is 2.31 bits per heavy atom. The van der Waals surface area contributed by atoms with E-state index < -0.39 is 23.9 Å². The molecule has 3 amide bonds. The molecule has 1 aliphatic heterocycles. The van der Waals surface area contributed by atoms with E-state index in [1.165, 1.54) is 0 Å². The van der Waals surface area contributed by atoms with E-state index in [-0.39, 0.29) is 13.0 Å². The fraction of sp³-hybridized carbons (Fsp3) is 0.667. The van der Waals surface area contributed by atoms with E-state index in [0.29, 0.717) is 4.90 Å². The predicted molar refractivity (Wildman–Crippen MR) is 38.8 cm³/mol. The van der Waals surface area contributed by atoms with Crippen molar-refractivity contribution in [1.82, 2.24) is 4.90 Å². The minimum Gasteiger partial charge on any atom is -0.365 e. The summed E-state index contributed by atoms with van der Waals surface area (Å²) in [5, 5.41) is 0. The molecular weight excluding hydrogens is 184 g/mol. The number of urea groups is 1. The lowest BCUT2D eigenvalue weighted by molar-refractivity contribution is -0.142. The van der Waals surface area contributed by atoms with Crippen LogP contribution in [0.5, 0.6) is 0 Å². The van der Waals surface area contributed by atoms with Crippen molar-refractivity contribution in [2.24, 2.45) is 11.5 Å². The second kappa shape index (κ2) is 2.82. The van der Waals surface area contributed by atoms with Crippen LogP contribution in [0.2, 0.25) is 0 Å². The summed E-state index contributed by atoms with van der Waals surface area (Å²) in [5.74, 6) is -4.61. The number of hydrogen-bond donors (Lipinski definition) is 2. The number of alkyl halides is 2. The third kappa shape index (κ3) is 1.20. The summed E-state index contributed by atoms with van der Waals surface area (Å²) in [6.07, 6.45) is -2.37. The first-order valence-corrected chi connectivity index (χ1v) is 3.60. The molecule has 0 aromatic heterocycles. The molecule has 1 rings (SSSR count). The first kappa shape index (κ1) is 9.69. The Balaban J connectivity index is 3.01. The van der Waals surface area contributed by atoms with Crippen LogP contribution in [-0.2, 0) is 4.79 Å². The average Bonchev–Trinajstić information content (AvgIpc) is 2.30. The van der Waals surface area contributed by atoms with Crippen LogP contribution in [0.3, 0.4) is 0 Å². The summed E-state index contributed by atoms with van der Waals surface area (Å²) in [6, 6.07) is -1.19. The Bertz CT molecular complexity index is 260. The molecule has 0 radical (unpaired) electrons. The maximum atomic E-state index is 13.5. The summed E-state index contributed by atoms with van der Waals surface area (Å²) < 4.78 is 26.4. The zero-order chi connectivity index (χ0) is 10.2. The molecule has 0 aromatic carbocycles. The number of carbonyl (C=O) groups is 2. The zero-order valence-electron chi connectivity index (χ0n) is 6.67. The molecule has 0 bridgehead atoms. The van der Waals surface area contributed by atoms with Crippen molar-refractivity contribution in [2.75, 3.05) is 6.54 Å². The van der Waals surface area contributed by atoms with Crippen molar-refractivity contribution in [3.05, 3.63) is 0 Å². The van der Waals surface area contributed by atoms with E-state index in [1.54, 1.807) is 0 Å². The Morgan fingerprint density at radius 1 is 1.46 bits per heavy atom. The maximum Gasteiger partial charge on any atom is 0.317 e. The molecule has 1 fully saturated rings. The Labute approximate surface area is 72.7 Å². The molecular formula is C6H9F2N3O2. The minimum absolute atomic E-state index is 0.240. The van der Waals surface area contributed by atoms with Crippen molar-refractivity contribution in [3.63, 3.8) is 0 Å². The van der Waals surface area contributed by atoms with Crippen LogP contribution in [-0.4, -0.2) is 35.3 Å². The topological polar surface area (TPSA) is 89.4 Å². The van der Waals surface area contributed by atoms with Gasteiger partial charge in [-0.3, -0.25) is 9.69 Å². The van der Waals surface area contributed by atoms with E-state index in [2.05, 4.69) is 5.73 Å². The highest BCUT2D eigenvalue weighted by atomic mass is 19.2. The number of primary amides is 2. The van der Waals surface area contributed by atoms with Gasteiger partial charge in [-0.15, -0.1) is 0 Å². The van der Waals surface area contributed by atoms with Gasteiger partial charge < -0.3 is 11.5 Å². The number of carbonyl (C=O) groups excluding carboxylic acids is 2. The lowest BCUT2D eigenvalue weighted by Gasteiger charge is -2.27. The van der Waals surface area contributed by atoms with Gasteiger partial charge in [-0.25, -0.2) is 13.6 Å². The highest BCUT2D eigenvalue weighted by Gasteiger charge is 2.57. The molecule has 13 heavy (non-hydrogen) atoms. The van der Waals surface area contributed by atoms with Gasteiger partial charge in [0.15, 0.2) is 6.17 Å². The van der Waals surface area contributed by atoms with Crippen LogP contribution >= 0.6 is 0 Å². The maximum absolute atomic E-state index is 13.5. The fourth-order valence-corrected chi connectivity index (χ4v) is 1.32. The number of nitrogens with zero attached hydrogens (tertiary/aromatic N) is 1. The Morgan fingerprint density at radius 2 is 2.00 bits per heavy atom. The summed E-state index contributed by atoms with van der Waals surface area (Å²) >= 11 is 0. The smallest absolute Gasteiger partial charge is 0.317 e. The highest BCUT2D eigenvalue weighted by Crippen LogP contribution is 2.32. The number of rotatable bonds is 1. The van der Waals surface area contributed by atoms with Crippen LogP contribution in [0.15, 0.2) is 0 Å². The molecule has 7 heteroatoms. The summed E-state index contributed by atoms with van der Waals surface area (Å²) in [7, 11) is 0. The van der Waals surface area contributed by atoms with Crippen molar-refractivity contribution in [3.8, 4) is 0 Å². The highest BCUT2D eigenvalue weighted by molar-refractivity contribution is 5.89. The van der Waals surface area contributed by atoms with Crippen molar-refractivity contribution >= 4 is 11.9 Å². The van der Waals surface area contributed by atoms with E-state index in [1.807, 2.05) is 0 Å². The van der Waals surface area contributed by atoms with Crippen LogP contribution in [0.25, 0.3) is 0 Å². The summed E-state index contributed by atoms with van der Waals surface area (Å²) in [4.78, 5) is 21.5. The quantitative estimate of drug-likeness (QED) is 0.537. The molecule has 5 nitrogen and oxygen atoms in total. The fourth-order valence-electron chi connectivity index (χ4n) is 1.32.